The van der Waals surface area contributed by atoms with Gasteiger partial charge in [-0.3, -0.25) is 15.0 Å². The molecule has 12 aromatic rings. The number of thiophene rings is 1. The number of pyridine rings is 6. The summed E-state index contributed by atoms with van der Waals surface area (Å²) >= 11 is 1.77. The molecule has 12 rings (SSSR count). The first kappa shape index (κ1) is 81.8. The molecule has 518 valence electrons. The van der Waals surface area contributed by atoms with Crippen LogP contribution < -0.4 is 14.2 Å². The molecule has 10 aromatic heterocycles. The van der Waals surface area contributed by atoms with Crippen LogP contribution in [0.5, 0.6) is 0 Å². The molecule has 16 heteroatoms. The minimum absolute atomic E-state index is 0.304. The normalized spacial score (nSPS) is 10.5. The van der Waals surface area contributed by atoms with Gasteiger partial charge in [0.05, 0.1) is 6.26 Å². The number of aromatic nitrogens is 11. The molecular formula is C81H109N11O4S. The number of benzene rings is 2. The number of nitrogens with one attached hydrogen (secondary N) is 1. The van der Waals surface area contributed by atoms with Crippen LogP contribution in [0.3, 0.4) is 0 Å². The fourth-order valence-electron chi connectivity index (χ4n) is 8.80. The van der Waals surface area contributed by atoms with Crippen molar-refractivity contribution in [2.24, 2.45) is 0 Å². The minimum atomic E-state index is 0.304. The van der Waals surface area contributed by atoms with Crippen LogP contribution in [0.25, 0.3) is 21.9 Å². The molecule has 0 aliphatic heterocycles. The third kappa shape index (κ3) is 31.8. The lowest BCUT2D eigenvalue weighted by Gasteiger charge is -2.04. The summed E-state index contributed by atoms with van der Waals surface area (Å²) in [5.74, 6) is 4.85. The molecule has 0 aliphatic carbocycles. The number of para-hydroxylation sites is 1. The molecule has 0 aliphatic rings. The van der Waals surface area contributed by atoms with Crippen molar-refractivity contribution in [3.63, 3.8) is 0 Å². The molecule has 15 nitrogen and oxygen atoms in total. The predicted octanol–water partition coefficient (Wildman–Crippen LogP) is 20.9. The maximum Gasteiger partial charge on any atom is 0.195 e. The average Bonchev–Trinajstić information content (AvgIpc) is 1.73. The third-order valence-electron chi connectivity index (χ3n) is 14.9. The van der Waals surface area contributed by atoms with Crippen molar-refractivity contribution in [2.45, 2.75) is 198 Å². The van der Waals surface area contributed by atoms with E-state index in [2.05, 4.69) is 206 Å². The molecule has 0 radical (unpaired) electrons. The van der Waals surface area contributed by atoms with Gasteiger partial charge in [0.25, 0.3) is 0 Å². The Morgan fingerprint density at radius 1 is 0.454 bits per heavy atom. The van der Waals surface area contributed by atoms with E-state index < -0.39 is 0 Å². The first-order chi connectivity index (χ1) is 46.2. The van der Waals surface area contributed by atoms with E-state index in [0.717, 1.165) is 36.7 Å². The lowest BCUT2D eigenvalue weighted by atomic mass is 10.00. The Morgan fingerprint density at radius 2 is 1.07 bits per heavy atom. The van der Waals surface area contributed by atoms with Gasteiger partial charge in [0.15, 0.2) is 36.7 Å². The van der Waals surface area contributed by atoms with E-state index in [1.165, 1.54) is 74.5 Å². The Hall–Kier alpha value is -9.41. The van der Waals surface area contributed by atoms with Gasteiger partial charge in [-0.2, -0.15) is 25.5 Å². The minimum Gasteiger partial charge on any atom is -0.619 e. The quantitative estimate of drug-likeness (QED) is 0.102. The van der Waals surface area contributed by atoms with Crippen molar-refractivity contribution in [2.75, 3.05) is 0 Å². The topological polar surface area (TPSA) is 192 Å². The Kier molecular flexibility index (Phi) is 38.0. The van der Waals surface area contributed by atoms with Crippen molar-refractivity contribution >= 4 is 33.2 Å². The van der Waals surface area contributed by atoms with Gasteiger partial charge in [0.2, 0.25) is 0 Å². The Balaban J connectivity index is 0.000000281. The van der Waals surface area contributed by atoms with Crippen LogP contribution in [-0.4, -0.2) is 40.1 Å². The van der Waals surface area contributed by atoms with E-state index in [1.807, 2.05) is 137 Å². The molecule has 10 heterocycles. The second-order valence-corrected chi connectivity index (χ2v) is 26.8. The molecule has 0 unspecified atom stereocenters. The Labute approximate surface area is 583 Å². The fourth-order valence-corrected chi connectivity index (χ4v) is 9.62. The maximum absolute atomic E-state index is 11.0. The first-order valence-electron chi connectivity index (χ1n) is 33.7. The smallest absolute Gasteiger partial charge is 0.195 e. The number of nitrogens with zero attached hydrogens (tertiary/aromatic N) is 10. The van der Waals surface area contributed by atoms with E-state index in [-0.39, 0.29) is 0 Å². The van der Waals surface area contributed by atoms with Crippen LogP contribution in [0.2, 0.25) is 0 Å². The molecule has 0 saturated heterocycles. The number of fused-ring (bicyclic) bond motifs is 2. The van der Waals surface area contributed by atoms with Gasteiger partial charge >= 0.3 is 0 Å². The highest BCUT2D eigenvalue weighted by molar-refractivity contribution is 7.08. The standard InChI is InChI=1S/C11H13N.C11H12O.3C8H11NO.3C8H11N.C7H10S.C4H8N4/c1-8(2)10-7-12-11-6-4-3-5-9(10)11;1-8(2)9-4-3-5-11-10(9)6-7-12-11;1-7(2)8-3-5-9(10)6-4-8;1-7(2)8-4-3-5-9(10)6-8;1-7(2)8-5-3-4-6-9(8)10;1-7(2)8-3-5-9-6-4-8;1-7(2)8-4-3-5-9-6-8;1-7(2)8-5-3-4-6-9-8;1-6(2)7-3-4-8-5-7;1-4(2)8-3-5-6-7-8/h3-8,12H,1-2H3;3-8H,1-2H3;3*3-7H,1-2H3;3*3-7H,1-2H3;3-6H,1-2H3;3-4H,1-2H3. The summed E-state index contributed by atoms with van der Waals surface area (Å²) in [4.78, 5) is 15.4. The van der Waals surface area contributed by atoms with Gasteiger partial charge in [0.1, 0.15) is 11.9 Å². The van der Waals surface area contributed by atoms with E-state index in [4.69, 9.17) is 4.42 Å². The van der Waals surface area contributed by atoms with E-state index in [0.29, 0.717) is 59.3 Å². The molecule has 0 fully saturated rings. The van der Waals surface area contributed by atoms with Crippen molar-refractivity contribution in [3.8, 4) is 0 Å². The zero-order valence-corrected chi connectivity index (χ0v) is 62.0. The summed E-state index contributed by atoms with van der Waals surface area (Å²) in [5.41, 5.74) is 13.4. The van der Waals surface area contributed by atoms with Crippen LogP contribution in [0.1, 0.15) is 248 Å². The number of H-pyrrole nitrogens is 1. The lowest BCUT2D eigenvalue weighted by Crippen LogP contribution is -2.31. The Bertz CT molecular complexity index is 3740. The van der Waals surface area contributed by atoms with Crippen LogP contribution in [0.4, 0.5) is 0 Å². The molecule has 0 amide bonds. The highest BCUT2D eigenvalue weighted by Gasteiger charge is 2.09. The summed E-state index contributed by atoms with van der Waals surface area (Å²) in [6, 6.07) is 46.2. The molecule has 0 spiro atoms. The summed E-state index contributed by atoms with van der Waals surface area (Å²) in [5, 5.41) is 49.8. The molecule has 0 saturated carbocycles. The summed E-state index contributed by atoms with van der Waals surface area (Å²) in [7, 11) is 0. The van der Waals surface area contributed by atoms with Crippen molar-refractivity contribution < 1.29 is 18.6 Å². The van der Waals surface area contributed by atoms with E-state index in [9.17, 15) is 15.6 Å². The van der Waals surface area contributed by atoms with Gasteiger partial charge in [-0.25, -0.2) is 4.68 Å². The number of tetrazole rings is 1. The summed E-state index contributed by atoms with van der Waals surface area (Å²) in [6.45, 7) is 42.6. The monoisotopic (exact) mass is 1330 g/mol. The second kappa shape index (κ2) is 45.1. The first-order valence-corrected chi connectivity index (χ1v) is 34.7. The van der Waals surface area contributed by atoms with Gasteiger partial charge < -0.3 is 25.0 Å². The zero-order chi connectivity index (χ0) is 71.8. The summed E-state index contributed by atoms with van der Waals surface area (Å²) in [6.07, 6.45) is 22.3. The Morgan fingerprint density at radius 3 is 1.52 bits per heavy atom. The second-order valence-electron chi connectivity index (χ2n) is 26.1. The van der Waals surface area contributed by atoms with Gasteiger partial charge in [-0.15, -0.1) is 5.10 Å². The number of furan rings is 1. The molecule has 0 bridgehead atoms. The number of hydrogen-bond acceptors (Lipinski definition) is 11. The zero-order valence-electron chi connectivity index (χ0n) is 61.2. The largest absolute Gasteiger partial charge is 0.619 e. The van der Waals surface area contributed by atoms with E-state index in [1.54, 1.807) is 53.1 Å². The van der Waals surface area contributed by atoms with Crippen LogP contribution in [0.15, 0.2) is 235 Å². The maximum atomic E-state index is 11.0. The highest BCUT2D eigenvalue weighted by atomic mass is 32.1. The molecule has 97 heavy (non-hydrogen) atoms. The van der Waals surface area contributed by atoms with Crippen molar-refractivity contribution in [3.05, 3.63) is 297 Å². The van der Waals surface area contributed by atoms with E-state index >= 15 is 0 Å². The van der Waals surface area contributed by atoms with Crippen LogP contribution in [-0.2, 0) is 0 Å². The average molecular weight is 1330 g/mol. The molecular weight excluding hydrogens is 1220 g/mol. The number of rotatable bonds is 10. The third-order valence-corrected chi connectivity index (χ3v) is 15.6. The highest BCUT2D eigenvalue weighted by Crippen LogP contribution is 2.27. The summed E-state index contributed by atoms with van der Waals surface area (Å²) < 4.78 is 9.54. The predicted molar refractivity (Wildman–Crippen MR) is 403 cm³/mol. The fraction of sp³-hybridized carbons (Fsp3) is 0.370. The molecule has 1 N–H and O–H groups in total. The van der Waals surface area contributed by atoms with Crippen molar-refractivity contribution in [1.82, 2.24) is 40.1 Å². The molecule has 2 aromatic carbocycles. The SMILES string of the molecule is CC(C)c1c[nH]c2ccccc12.CC(C)c1cc[n+]([O-])cc1.CC(C)c1ccc[n+]([O-])c1.CC(C)c1cccc2occc12.CC(C)c1cccc[n+]1[O-].CC(C)c1ccccn1.CC(C)c1cccnc1.CC(C)c1ccncc1.CC(C)c1ccsc1.CC(C)n1cnnn1. The van der Waals surface area contributed by atoms with Gasteiger partial charge in [-0.05, 0) is 176 Å². The number of aromatic amines is 1. The van der Waals surface area contributed by atoms with Crippen LogP contribution >= 0.6 is 11.3 Å². The van der Waals surface area contributed by atoms with Gasteiger partial charge in [0, 0.05) is 107 Å². The lowest BCUT2D eigenvalue weighted by molar-refractivity contribution is -0.615. The van der Waals surface area contributed by atoms with Gasteiger partial charge in [-0.1, -0.05) is 173 Å². The molecule has 0 atom stereocenters. The number of hydrogen-bond donors (Lipinski definition) is 1. The van der Waals surface area contributed by atoms with Crippen molar-refractivity contribution in [1.29, 1.82) is 0 Å². The van der Waals surface area contributed by atoms with Crippen LogP contribution in [0, 0.1) is 15.6 Å².